The number of hydrogen-bond acceptors (Lipinski definition) is 3. The topological polar surface area (TPSA) is 60.9 Å². The van der Waals surface area contributed by atoms with E-state index in [4.69, 9.17) is 0 Å². The van der Waals surface area contributed by atoms with Crippen LogP contribution in [0.2, 0.25) is 0 Å². The number of piperazine rings is 1. The van der Waals surface area contributed by atoms with E-state index < -0.39 is 5.82 Å². The lowest BCUT2D eigenvalue weighted by Crippen LogP contribution is -2.73. The van der Waals surface area contributed by atoms with Gasteiger partial charge in [0.2, 0.25) is 5.91 Å². The van der Waals surface area contributed by atoms with Crippen molar-refractivity contribution in [2.75, 3.05) is 19.7 Å². The van der Waals surface area contributed by atoms with Crippen LogP contribution in [0.5, 0.6) is 0 Å². The quantitative estimate of drug-likeness (QED) is 0.691. The maximum Gasteiger partial charge on any atom is 0.254 e. The van der Waals surface area contributed by atoms with E-state index in [1.54, 1.807) is 11.0 Å². The van der Waals surface area contributed by atoms with Crippen LogP contribution in [0.3, 0.4) is 0 Å². The van der Waals surface area contributed by atoms with E-state index in [-0.39, 0.29) is 48.5 Å². The summed E-state index contributed by atoms with van der Waals surface area (Å²) in [5.74, 6) is -1.11. The minimum absolute atomic E-state index is 0.0674. The molecule has 0 bridgehead atoms. The molecular weight excluding hydrogens is 407 g/mol. The zero-order chi connectivity index (χ0) is 22.2. The maximum atomic E-state index is 13.6. The monoisotopic (exact) mass is 430 g/mol. The zero-order valence-electron chi connectivity index (χ0n) is 17.4. The largest absolute Gasteiger partial charge is 0.394 e. The molecule has 6 heteroatoms. The zero-order valence-corrected chi connectivity index (χ0v) is 17.4. The van der Waals surface area contributed by atoms with Gasteiger partial charge in [-0.05, 0) is 34.9 Å². The first-order chi connectivity index (χ1) is 15.6. The molecule has 3 aromatic rings. The van der Waals surface area contributed by atoms with Crippen LogP contribution in [0.1, 0.15) is 21.8 Å². The van der Waals surface area contributed by atoms with Gasteiger partial charge in [-0.15, -0.1) is 0 Å². The third-order valence-electron chi connectivity index (χ3n) is 6.51. The minimum atomic E-state index is -0.485. The van der Waals surface area contributed by atoms with Gasteiger partial charge in [0.05, 0.1) is 18.7 Å². The molecule has 2 saturated heterocycles. The van der Waals surface area contributed by atoms with Crippen molar-refractivity contribution >= 4 is 11.8 Å². The Hall–Kier alpha value is -3.51. The Labute approximate surface area is 185 Å². The Kier molecular flexibility index (Phi) is 5.23. The number of nitrogens with zero attached hydrogens (tertiary/aromatic N) is 2. The fourth-order valence-corrected chi connectivity index (χ4v) is 4.99. The predicted octanol–water partition coefficient (Wildman–Crippen LogP) is 3.30. The first kappa shape index (κ1) is 20.4. The second kappa shape index (κ2) is 8.20. The van der Waals surface area contributed by atoms with Gasteiger partial charge >= 0.3 is 0 Å². The van der Waals surface area contributed by atoms with Crippen LogP contribution >= 0.6 is 0 Å². The standard InChI is InChI=1S/C26H23FN2O3/c27-21-8-4-7-20(13-21)26(32)28-14-22-25(23(16-30)29(22)24(31)15-28)19-11-9-18(10-12-19)17-5-2-1-3-6-17/h1-13,22-23,25,30H,14-16H2/t22-,23+,25+/m1/s1. The fourth-order valence-electron chi connectivity index (χ4n) is 4.99. The van der Waals surface area contributed by atoms with Crippen LogP contribution in [0.4, 0.5) is 4.39 Å². The van der Waals surface area contributed by atoms with E-state index in [0.717, 1.165) is 16.7 Å². The lowest BCUT2D eigenvalue weighted by Gasteiger charge is -2.58. The Morgan fingerprint density at radius 2 is 1.69 bits per heavy atom. The molecule has 2 aliphatic heterocycles. The second-order valence-electron chi connectivity index (χ2n) is 8.33. The molecule has 0 unspecified atom stereocenters. The summed E-state index contributed by atoms with van der Waals surface area (Å²) in [5.41, 5.74) is 3.47. The number of rotatable bonds is 4. The van der Waals surface area contributed by atoms with Crippen LogP contribution in [-0.4, -0.2) is 58.5 Å². The van der Waals surface area contributed by atoms with Gasteiger partial charge in [-0.1, -0.05) is 60.7 Å². The number of fused-ring (bicyclic) bond motifs is 1. The van der Waals surface area contributed by atoms with Crippen molar-refractivity contribution in [1.82, 2.24) is 9.80 Å². The van der Waals surface area contributed by atoms with Crippen LogP contribution in [0, 0.1) is 5.82 Å². The Morgan fingerprint density at radius 1 is 0.969 bits per heavy atom. The van der Waals surface area contributed by atoms with E-state index in [2.05, 4.69) is 0 Å². The average molecular weight is 430 g/mol. The Bertz CT molecular complexity index is 1150. The molecule has 3 atom stereocenters. The summed E-state index contributed by atoms with van der Waals surface area (Å²) in [5, 5.41) is 9.97. The first-order valence-electron chi connectivity index (χ1n) is 10.7. The third kappa shape index (κ3) is 3.46. The summed E-state index contributed by atoms with van der Waals surface area (Å²) >= 11 is 0. The third-order valence-corrected chi connectivity index (χ3v) is 6.51. The van der Waals surface area contributed by atoms with Crippen LogP contribution in [0.15, 0.2) is 78.9 Å². The van der Waals surface area contributed by atoms with Crippen LogP contribution in [-0.2, 0) is 4.79 Å². The number of halogens is 1. The molecule has 5 rings (SSSR count). The summed E-state index contributed by atoms with van der Waals surface area (Å²) in [6, 6.07) is 23.2. The molecular formula is C26H23FN2O3. The summed E-state index contributed by atoms with van der Waals surface area (Å²) in [6.45, 7) is 0.149. The van der Waals surface area contributed by atoms with Gasteiger partial charge in [0.25, 0.3) is 5.91 Å². The van der Waals surface area contributed by atoms with E-state index in [1.807, 2.05) is 54.6 Å². The van der Waals surface area contributed by atoms with Crippen LogP contribution in [0.25, 0.3) is 11.1 Å². The lowest BCUT2D eigenvalue weighted by molar-refractivity contribution is -0.159. The number of carbonyl (C=O) groups excluding carboxylic acids is 2. The molecule has 32 heavy (non-hydrogen) atoms. The highest BCUT2D eigenvalue weighted by atomic mass is 19.1. The van der Waals surface area contributed by atoms with Crippen molar-refractivity contribution in [3.63, 3.8) is 0 Å². The Balaban J connectivity index is 1.39. The van der Waals surface area contributed by atoms with Crippen LogP contribution < -0.4 is 0 Å². The molecule has 0 saturated carbocycles. The fraction of sp³-hybridized carbons (Fsp3) is 0.231. The lowest BCUT2D eigenvalue weighted by atomic mass is 9.73. The number of aliphatic hydroxyl groups is 1. The molecule has 0 aromatic heterocycles. The molecule has 2 amide bonds. The maximum absolute atomic E-state index is 13.6. The van der Waals surface area contributed by atoms with E-state index in [9.17, 15) is 19.1 Å². The normalized spacial score (nSPS) is 22.3. The van der Waals surface area contributed by atoms with Gasteiger partial charge in [0, 0.05) is 18.0 Å². The van der Waals surface area contributed by atoms with Gasteiger partial charge in [-0.2, -0.15) is 0 Å². The van der Waals surface area contributed by atoms with Crippen molar-refractivity contribution in [3.8, 4) is 11.1 Å². The molecule has 2 aliphatic rings. The summed E-state index contributed by atoms with van der Waals surface area (Å²) in [4.78, 5) is 28.9. The molecule has 5 nitrogen and oxygen atoms in total. The molecule has 1 N–H and O–H groups in total. The molecule has 3 aromatic carbocycles. The molecule has 0 spiro atoms. The smallest absolute Gasteiger partial charge is 0.254 e. The minimum Gasteiger partial charge on any atom is -0.394 e. The van der Waals surface area contributed by atoms with Crippen molar-refractivity contribution in [3.05, 3.63) is 95.8 Å². The highest BCUT2D eigenvalue weighted by Gasteiger charge is 2.54. The summed E-state index contributed by atoms with van der Waals surface area (Å²) in [7, 11) is 0. The first-order valence-corrected chi connectivity index (χ1v) is 10.7. The SMILES string of the molecule is O=C(c1cccc(F)c1)N1CC(=O)N2[C@H](C1)[C@H](c1ccc(-c3ccccc3)cc1)[C@@H]2CO. The van der Waals surface area contributed by atoms with Crippen molar-refractivity contribution < 1.29 is 19.1 Å². The average Bonchev–Trinajstić information content (AvgIpc) is 2.81. The van der Waals surface area contributed by atoms with E-state index in [1.165, 1.54) is 23.1 Å². The van der Waals surface area contributed by atoms with Gasteiger partial charge < -0.3 is 14.9 Å². The van der Waals surface area contributed by atoms with Gasteiger partial charge in [-0.3, -0.25) is 9.59 Å². The van der Waals surface area contributed by atoms with Gasteiger partial charge in [0.1, 0.15) is 12.4 Å². The van der Waals surface area contributed by atoms with E-state index in [0.29, 0.717) is 6.54 Å². The van der Waals surface area contributed by atoms with Gasteiger partial charge in [-0.25, -0.2) is 4.39 Å². The highest BCUT2D eigenvalue weighted by molar-refractivity contribution is 5.97. The van der Waals surface area contributed by atoms with Crippen molar-refractivity contribution in [2.24, 2.45) is 0 Å². The number of amides is 2. The number of hydrogen-bond donors (Lipinski definition) is 1. The number of carbonyl (C=O) groups is 2. The molecule has 2 fully saturated rings. The Morgan fingerprint density at radius 3 is 2.38 bits per heavy atom. The second-order valence-corrected chi connectivity index (χ2v) is 8.33. The molecule has 0 aliphatic carbocycles. The predicted molar refractivity (Wildman–Crippen MR) is 118 cm³/mol. The molecule has 2 heterocycles. The van der Waals surface area contributed by atoms with Crippen molar-refractivity contribution in [2.45, 2.75) is 18.0 Å². The van der Waals surface area contributed by atoms with Gasteiger partial charge in [0.15, 0.2) is 0 Å². The number of aliphatic hydroxyl groups excluding tert-OH is 1. The highest BCUT2D eigenvalue weighted by Crippen LogP contribution is 2.43. The number of benzene rings is 3. The molecule has 162 valence electrons. The summed E-state index contributed by atoms with van der Waals surface area (Å²) in [6.07, 6.45) is 0. The van der Waals surface area contributed by atoms with E-state index >= 15 is 0 Å². The summed E-state index contributed by atoms with van der Waals surface area (Å²) < 4.78 is 13.6. The van der Waals surface area contributed by atoms with Crippen molar-refractivity contribution in [1.29, 1.82) is 0 Å². The molecule has 0 radical (unpaired) electrons.